The molecular weight excluding hydrogens is 240 g/mol. The van der Waals surface area contributed by atoms with E-state index < -0.39 is 0 Å². The molecule has 0 spiro atoms. The van der Waals surface area contributed by atoms with Gasteiger partial charge in [-0.1, -0.05) is 90.0 Å². The molecule has 0 aliphatic heterocycles. The van der Waals surface area contributed by atoms with E-state index in [4.69, 9.17) is 0 Å². The van der Waals surface area contributed by atoms with Crippen LogP contribution in [0, 0.1) is 6.07 Å². The van der Waals surface area contributed by atoms with Crippen LogP contribution >= 0.6 is 0 Å². The van der Waals surface area contributed by atoms with E-state index in [1.54, 1.807) is 0 Å². The Morgan fingerprint density at radius 1 is 0.800 bits per heavy atom. The van der Waals surface area contributed by atoms with Gasteiger partial charge in [0, 0.05) is 0 Å². The molecule has 0 heterocycles. The van der Waals surface area contributed by atoms with Crippen molar-refractivity contribution in [3.05, 3.63) is 35.9 Å². The van der Waals surface area contributed by atoms with E-state index in [0.717, 1.165) is 0 Å². The van der Waals surface area contributed by atoms with Crippen molar-refractivity contribution < 1.29 is 0 Å². The fraction of sp³-hybridized carbons (Fsp3) is 0.700. The molecule has 0 aliphatic carbocycles. The fourth-order valence-corrected chi connectivity index (χ4v) is 3.25. The first-order valence-electron chi connectivity index (χ1n) is 8.76. The van der Waals surface area contributed by atoms with Crippen LogP contribution in [0.25, 0.3) is 0 Å². The van der Waals surface area contributed by atoms with Gasteiger partial charge in [-0.15, -0.1) is 0 Å². The number of hydrogen-bond acceptors (Lipinski definition) is 0. The third kappa shape index (κ3) is 5.31. The van der Waals surface area contributed by atoms with Crippen LogP contribution in [0.1, 0.15) is 90.5 Å². The predicted molar refractivity (Wildman–Crippen MR) is 90.1 cm³/mol. The van der Waals surface area contributed by atoms with Gasteiger partial charge in [0.05, 0.1) is 0 Å². The highest BCUT2D eigenvalue weighted by Gasteiger charge is 2.30. The highest BCUT2D eigenvalue weighted by atomic mass is 14.3. The Kier molecular flexibility index (Phi) is 8.65. The van der Waals surface area contributed by atoms with Crippen LogP contribution in [-0.4, -0.2) is 0 Å². The summed E-state index contributed by atoms with van der Waals surface area (Å²) in [7, 11) is 0. The molecule has 0 atom stereocenters. The van der Waals surface area contributed by atoms with E-state index >= 15 is 0 Å². The first-order valence-corrected chi connectivity index (χ1v) is 8.76. The number of unbranched alkanes of at least 4 members (excludes halogenated alkanes) is 4. The van der Waals surface area contributed by atoms with Gasteiger partial charge in [0.25, 0.3) is 0 Å². The van der Waals surface area contributed by atoms with Gasteiger partial charge in [-0.05, 0) is 36.3 Å². The molecule has 20 heavy (non-hydrogen) atoms. The molecule has 1 radical (unpaired) electrons. The molecule has 0 aliphatic rings. The van der Waals surface area contributed by atoms with Gasteiger partial charge in [-0.3, -0.25) is 0 Å². The van der Waals surface area contributed by atoms with Gasteiger partial charge in [-0.2, -0.15) is 0 Å². The van der Waals surface area contributed by atoms with Crippen molar-refractivity contribution >= 4 is 0 Å². The zero-order valence-electron chi connectivity index (χ0n) is 13.9. The lowest BCUT2D eigenvalue weighted by Crippen LogP contribution is -2.26. The lowest BCUT2D eigenvalue weighted by molar-refractivity contribution is 0.306. The molecule has 1 aromatic carbocycles. The minimum Gasteiger partial charge on any atom is -0.0654 e. The van der Waals surface area contributed by atoms with Gasteiger partial charge in [-0.25, -0.2) is 0 Å². The quantitative estimate of drug-likeness (QED) is 0.394. The fourth-order valence-electron chi connectivity index (χ4n) is 3.25. The van der Waals surface area contributed by atoms with E-state index in [2.05, 4.69) is 51.1 Å². The minimum absolute atomic E-state index is 0.391. The van der Waals surface area contributed by atoms with Crippen LogP contribution in [0.3, 0.4) is 0 Å². The molecule has 1 aromatic rings. The average molecular weight is 273 g/mol. The van der Waals surface area contributed by atoms with Crippen LogP contribution in [0.2, 0.25) is 0 Å². The molecule has 0 saturated carbocycles. The van der Waals surface area contributed by atoms with Crippen molar-refractivity contribution in [2.24, 2.45) is 0 Å². The second-order valence-electron chi connectivity index (χ2n) is 6.22. The van der Waals surface area contributed by atoms with Crippen molar-refractivity contribution in [3.63, 3.8) is 0 Å². The average Bonchev–Trinajstić information content (AvgIpc) is 2.51. The second kappa shape index (κ2) is 10.0. The predicted octanol–water partition coefficient (Wildman–Crippen LogP) is 6.69. The molecule has 0 saturated heterocycles. The number of benzene rings is 1. The third-order valence-electron chi connectivity index (χ3n) is 4.56. The summed E-state index contributed by atoms with van der Waals surface area (Å²) in [5.74, 6) is 0. The summed E-state index contributed by atoms with van der Waals surface area (Å²) in [6, 6.07) is 12.3. The van der Waals surface area contributed by atoms with Gasteiger partial charge >= 0.3 is 0 Å². The van der Waals surface area contributed by atoms with E-state index in [0.29, 0.717) is 5.41 Å². The molecule has 0 heteroatoms. The van der Waals surface area contributed by atoms with Crippen molar-refractivity contribution in [2.45, 2.75) is 90.4 Å². The zero-order chi connectivity index (χ0) is 14.7. The third-order valence-corrected chi connectivity index (χ3v) is 4.56. The zero-order valence-corrected chi connectivity index (χ0v) is 13.9. The SMILES string of the molecule is CCCCCC(CCCC)(CCCC)c1[c]cccc1. The number of rotatable bonds is 11. The first kappa shape index (κ1) is 17.3. The molecule has 0 N–H and O–H groups in total. The first-order chi connectivity index (χ1) is 9.79. The Bertz CT molecular complexity index is 317. The van der Waals surface area contributed by atoms with Gasteiger partial charge < -0.3 is 0 Å². The Morgan fingerprint density at radius 3 is 1.90 bits per heavy atom. The minimum atomic E-state index is 0.391. The normalized spacial score (nSPS) is 11.8. The standard InChI is InChI=1S/C20H33/c1-4-7-13-18-20(16-8-5-2,17-9-6-3)19-14-11-10-12-15-19/h10-12,14H,4-9,13,16-18H2,1-3H3. The smallest absolute Gasteiger partial charge is 0.00408 e. The lowest BCUT2D eigenvalue weighted by Gasteiger charge is -2.35. The molecule has 0 fully saturated rings. The summed E-state index contributed by atoms with van der Waals surface area (Å²) < 4.78 is 0. The molecule has 1 rings (SSSR count). The van der Waals surface area contributed by atoms with Gasteiger partial charge in [0.1, 0.15) is 0 Å². The number of hydrogen-bond donors (Lipinski definition) is 0. The molecule has 0 aromatic heterocycles. The monoisotopic (exact) mass is 273 g/mol. The Labute approximate surface area is 127 Å². The summed E-state index contributed by atoms with van der Waals surface area (Å²) in [5.41, 5.74) is 1.86. The van der Waals surface area contributed by atoms with Crippen molar-refractivity contribution in [3.8, 4) is 0 Å². The summed E-state index contributed by atoms with van der Waals surface area (Å²) in [4.78, 5) is 0. The molecular formula is C20H33. The van der Waals surface area contributed by atoms with E-state index in [1.165, 1.54) is 69.8 Å². The van der Waals surface area contributed by atoms with E-state index in [9.17, 15) is 0 Å². The van der Waals surface area contributed by atoms with Crippen molar-refractivity contribution in [2.75, 3.05) is 0 Å². The highest BCUT2D eigenvalue weighted by molar-refractivity contribution is 5.24. The lowest BCUT2D eigenvalue weighted by atomic mass is 9.69. The maximum atomic E-state index is 3.55. The van der Waals surface area contributed by atoms with Crippen LogP contribution < -0.4 is 0 Å². The van der Waals surface area contributed by atoms with Gasteiger partial charge in [0.2, 0.25) is 0 Å². The Balaban J connectivity index is 2.90. The highest BCUT2D eigenvalue weighted by Crippen LogP contribution is 2.39. The summed E-state index contributed by atoms with van der Waals surface area (Å²) in [6.07, 6.45) is 13.4. The van der Waals surface area contributed by atoms with Crippen molar-refractivity contribution in [1.29, 1.82) is 0 Å². The van der Waals surface area contributed by atoms with E-state index in [-0.39, 0.29) is 0 Å². The Hall–Kier alpha value is -0.780. The topological polar surface area (TPSA) is 0 Å². The van der Waals surface area contributed by atoms with Crippen molar-refractivity contribution in [1.82, 2.24) is 0 Å². The largest absolute Gasteiger partial charge is 0.0654 e. The van der Waals surface area contributed by atoms with Crippen LogP contribution in [0.15, 0.2) is 24.3 Å². The molecule has 0 amide bonds. The molecule has 0 bridgehead atoms. The molecule has 113 valence electrons. The van der Waals surface area contributed by atoms with Gasteiger partial charge in [0.15, 0.2) is 0 Å². The maximum absolute atomic E-state index is 3.55. The summed E-state index contributed by atoms with van der Waals surface area (Å²) in [5, 5.41) is 0. The second-order valence-corrected chi connectivity index (χ2v) is 6.22. The maximum Gasteiger partial charge on any atom is -0.00408 e. The van der Waals surface area contributed by atoms with E-state index in [1.807, 2.05) is 0 Å². The summed E-state index contributed by atoms with van der Waals surface area (Å²) >= 11 is 0. The summed E-state index contributed by atoms with van der Waals surface area (Å²) in [6.45, 7) is 6.92. The van der Waals surface area contributed by atoms with Crippen LogP contribution in [0.5, 0.6) is 0 Å². The molecule has 0 unspecified atom stereocenters. The Morgan fingerprint density at radius 2 is 1.40 bits per heavy atom. The molecule has 0 nitrogen and oxygen atoms in total. The van der Waals surface area contributed by atoms with Crippen LogP contribution in [-0.2, 0) is 5.41 Å². The van der Waals surface area contributed by atoms with Crippen LogP contribution in [0.4, 0.5) is 0 Å².